The molecule has 0 amide bonds. The van der Waals surface area contributed by atoms with Gasteiger partial charge in [0.25, 0.3) is 0 Å². The van der Waals surface area contributed by atoms with Gasteiger partial charge in [-0.3, -0.25) is 4.98 Å². The number of anilines is 1. The number of hydrogen-bond donors (Lipinski definition) is 1. The number of hydrogen-bond acceptors (Lipinski definition) is 3. The SMILES string of the molecule is Cc1cccc(CSc2ccc(Br)cc2N)n1. The number of halogens is 1. The van der Waals surface area contributed by atoms with Crippen LogP contribution < -0.4 is 5.73 Å². The van der Waals surface area contributed by atoms with Crippen molar-refractivity contribution in [2.75, 3.05) is 5.73 Å². The zero-order valence-corrected chi connectivity index (χ0v) is 11.9. The first-order valence-corrected chi connectivity index (χ1v) is 7.03. The molecule has 17 heavy (non-hydrogen) atoms. The van der Waals surface area contributed by atoms with Gasteiger partial charge >= 0.3 is 0 Å². The van der Waals surface area contributed by atoms with Crippen molar-refractivity contribution in [2.45, 2.75) is 17.6 Å². The van der Waals surface area contributed by atoms with Gasteiger partial charge in [-0.05, 0) is 37.3 Å². The fourth-order valence-corrected chi connectivity index (χ4v) is 2.72. The van der Waals surface area contributed by atoms with Crippen LogP contribution in [0.5, 0.6) is 0 Å². The third kappa shape index (κ3) is 3.48. The first-order valence-electron chi connectivity index (χ1n) is 5.25. The van der Waals surface area contributed by atoms with Gasteiger partial charge in [-0.15, -0.1) is 11.8 Å². The molecule has 1 aromatic heterocycles. The van der Waals surface area contributed by atoms with Crippen LogP contribution in [0.15, 0.2) is 45.8 Å². The normalized spacial score (nSPS) is 10.5. The maximum absolute atomic E-state index is 5.94. The summed E-state index contributed by atoms with van der Waals surface area (Å²) in [6.45, 7) is 2.00. The van der Waals surface area contributed by atoms with Crippen molar-refractivity contribution in [3.05, 3.63) is 52.3 Å². The molecule has 4 heteroatoms. The third-order valence-electron chi connectivity index (χ3n) is 2.29. The van der Waals surface area contributed by atoms with E-state index in [9.17, 15) is 0 Å². The lowest BCUT2D eigenvalue weighted by Crippen LogP contribution is -1.91. The van der Waals surface area contributed by atoms with Gasteiger partial charge in [0.2, 0.25) is 0 Å². The van der Waals surface area contributed by atoms with E-state index < -0.39 is 0 Å². The summed E-state index contributed by atoms with van der Waals surface area (Å²) in [5.74, 6) is 0.841. The highest BCUT2D eigenvalue weighted by Gasteiger charge is 2.02. The number of pyridine rings is 1. The Labute approximate surface area is 114 Å². The number of rotatable bonds is 3. The van der Waals surface area contributed by atoms with E-state index in [1.807, 2.05) is 43.3 Å². The molecule has 2 nitrogen and oxygen atoms in total. The molecule has 2 aromatic rings. The maximum atomic E-state index is 5.94. The van der Waals surface area contributed by atoms with Crippen molar-refractivity contribution in [2.24, 2.45) is 0 Å². The quantitative estimate of drug-likeness (QED) is 0.687. The lowest BCUT2D eigenvalue weighted by Gasteiger charge is -2.06. The monoisotopic (exact) mass is 308 g/mol. The summed E-state index contributed by atoms with van der Waals surface area (Å²) in [6.07, 6.45) is 0. The lowest BCUT2D eigenvalue weighted by molar-refractivity contribution is 1.11. The van der Waals surface area contributed by atoms with Gasteiger partial charge in [-0.2, -0.15) is 0 Å². The molecule has 1 heterocycles. The summed E-state index contributed by atoms with van der Waals surface area (Å²) < 4.78 is 1.01. The van der Waals surface area contributed by atoms with Gasteiger partial charge in [0.1, 0.15) is 0 Å². The predicted molar refractivity (Wildman–Crippen MR) is 77.1 cm³/mol. The summed E-state index contributed by atoms with van der Waals surface area (Å²) in [7, 11) is 0. The third-order valence-corrected chi connectivity index (χ3v) is 3.91. The molecule has 0 aliphatic carbocycles. The van der Waals surface area contributed by atoms with Gasteiger partial charge in [-0.25, -0.2) is 0 Å². The van der Waals surface area contributed by atoms with E-state index >= 15 is 0 Å². The van der Waals surface area contributed by atoms with Crippen molar-refractivity contribution in [1.29, 1.82) is 0 Å². The molecule has 2 rings (SSSR count). The number of aryl methyl sites for hydroxylation is 1. The number of aromatic nitrogens is 1. The molecule has 0 aliphatic heterocycles. The second kappa shape index (κ2) is 5.56. The van der Waals surface area contributed by atoms with E-state index in [-0.39, 0.29) is 0 Å². The highest BCUT2D eigenvalue weighted by atomic mass is 79.9. The Balaban J connectivity index is 2.07. The zero-order valence-electron chi connectivity index (χ0n) is 9.48. The second-order valence-electron chi connectivity index (χ2n) is 3.74. The Hall–Kier alpha value is -1.00. The minimum Gasteiger partial charge on any atom is -0.398 e. The van der Waals surface area contributed by atoms with E-state index in [2.05, 4.69) is 20.9 Å². The topological polar surface area (TPSA) is 38.9 Å². The highest BCUT2D eigenvalue weighted by Crippen LogP contribution is 2.29. The number of nitrogens with zero attached hydrogens (tertiary/aromatic N) is 1. The second-order valence-corrected chi connectivity index (χ2v) is 5.67. The number of nitrogens with two attached hydrogens (primary N) is 1. The number of thioether (sulfide) groups is 1. The Bertz CT molecular complexity index is 529. The molecule has 0 fully saturated rings. The average Bonchev–Trinajstić information content (AvgIpc) is 2.28. The van der Waals surface area contributed by atoms with E-state index in [1.165, 1.54) is 0 Å². The summed E-state index contributed by atoms with van der Waals surface area (Å²) in [5.41, 5.74) is 8.88. The van der Waals surface area contributed by atoms with Crippen LogP contribution in [0.1, 0.15) is 11.4 Å². The molecule has 88 valence electrons. The summed E-state index contributed by atoms with van der Waals surface area (Å²) in [5, 5.41) is 0. The molecule has 1 aromatic carbocycles. The molecule has 2 N–H and O–H groups in total. The van der Waals surface area contributed by atoms with Crippen LogP contribution in [0.2, 0.25) is 0 Å². The standard InChI is InChI=1S/C13H13BrN2S/c1-9-3-2-4-11(16-9)8-17-13-6-5-10(14)7-12(13)15/h2-7H,8,15H2,1H3. The average molecular weight is 309 g/mol. The predicted octanol–water partition coefficient (Wildman–Crippen LogP) is 4.03. The van der Waals surface area contributed by atoms with E-state index in [4.69, 9.17) is 5.73 Å². The van der Waals surface area contributed by atoms with Gasteiger partial charge in [0, 0.05) is 26.5 Å². The summed E-state index contributed by atoms with van der Waals surface area (Å²) in [4.78, 5) is 5.56. The molecule has 0 aliphatic rings. The first kappa shape index (κ1) is 12.5. The summed E-state index contributed by atoms with van der Waals surface area (Å²) in [6, 6.07) is 12.0. The van der Waals surface area contributed by atoms with Gasteiger partial charge in [-0.1, -0.05) is 22.0 Å². The van der Waals surface area contributed by atoms with Crippen LogP contribution in [-0.4, -0.2) is 4.98 Å². The Morgan fingerprint density at radius 1 is 1.29 bits per heavy atom. The lowest BCUT2D eigenvalue weighted by atomic mass is 10.3. The van der Waals surface area contributed by atoms with E-state index in [1.54, 1.807) is 11.8 Å². The molecule has 0 unspecified atom stereocenters. The van der Waals surface area contributed by atoms with Gasteiger partial charge < -0.3 is 5.73 Å². The minimum atomic E-state index is 0.803. The van der Waals surface area contributed by atoms with E-state index in [0.717, 1.165) is 32.2 Å². The van der Waals surface area contributed by atoms with Crippen LogP contribution in [0.4, 0.5) is 5.69 Å². The fraction of sp³-hybridized carbons (Fsp3) is 0.154. The maximum Gasteiger partial charge on any atom is 0.0509 e. The number of benzene rings is 1. The Morgan fingerprint density at radius 3 is 2.82 bits per heavy atom. The largest absolute Gasteiger partial charge is 0.398 e. The first-order chi connectivity index (χ1) is 8.15. The molecule has 0 saturated heterocycles. The Kier molecular flexibility index (Phi) is 4.07. The van der Waals surface area contributed by atoms with Crippen LogP contribution >= 0.6 is 27.7 Å². The van der Waals surface area contributed by atoms with Crippen molar-refractivity contribution >= 4 is 33.4 Å². The Morgan fingerprint density at radius 2 is 2.12 bits per heavy atom. The molecule has 0 radical (unpaired) electrons. The molecular formula is C13H13BrN2S. The van der Waals surface area contributed by atoms with Crippen molar-refractivity contribution in [3.8, 4) is 0 Å². The molecule has 0 atom stereocenters. The van der Waals surface area contributed by atoms with Crippen LogP contribution in [0.3, 0.4) is 0 Å². The zero-order chi connectivity index (χ0) is 12.3. The van der Waals surface area contributed by atoms with Crippen molar-refractivity contribution < 1.29 is 0 Å². The summed E-state index contributed by atoms with van der Waals surface area (Å²) >= 11 is 5.11. The van der Waals surface area contributed by atoms with Crippen LogP contribution in [0, 0.1) is 6.92 Å². The molecule has 0 spiro atoms. The minimum absolute atomic E-state index is 0.803. The van der Waals surface area contributed by atoms with Crippen LogP contribution in [0.25, 0.3) is 0 Å². The fourth-order valence-electron chi connectivity index (χ4n) is 1.48. The van der Waals surface area contributed by atoms with Crippen molar-refractivity contribution in [3.63, 3.8) is 0 Å². The van der Waals surface area contributed by atoms with E-state index in [0.29, 0.717) is 0 Å². The van der Waals surface area contributed by atoms with Crippen LogP contribution in [-0.2, 0) is 5.75 Å². The molecular weight excluding hydrogens is 296 g/mol. The van der Waals surface area contributed by atoms with Gasteiger partial charge in [0.15, 0.2) is 0 Å². The van der Waals surface area contributed by atoms with Gasteiger partial charge in [0.05, 0.1) is 5.69 Å². The molecule has 0 bridgehead atoms. The smallest absolute Gasteiger partial charge is 0.0509 e. The van der Waals surface area contributed by atoms with Crippen molar-refractivity contribution in [1.82, 2.24) is 4.98 Å². The number of nitrogen functional groups attached to an aromatic ring is 1. The molecule has 0 saturated carbocycles. The highest BCUT2D eigenvalue weighted by molar-refractivity contribution is 9.10.